The maximum Gasteiger partial charge on any atom is 0.123 e. The fraction of sp³-hybridized carbons (Fsp3) is 0.294. The van der Waals surface area contributed by atoms with Crippen LogP contribution in [0, 0.1) is 5.82 Å². The Kier molecular flexibility index (Phi) is 3.81. The lowest BCUT2D eigenvalue weighted by Gasteiger charge is -2.16. The Hall–Kier alpha value is -1.71. The van der Waals surface area contributed by atoms with Gasteiger partial charge < -0.3 is 5.73 Å². The summed E-state index contributed by atoms with van der Waals surface area (Å²) < 4.78 is 13.2. The van der Waals surface area contributed by atoms with Crippen LogP contribution in [0.2, 0.25) is 0 Å². The summed E-state index contributed by atoms with van der Waals surface area (Å²) in [4.78, 5) is 2.30. The zero-order chi connectivity index (χ0) is 13.9. The van der Waals surface area contributed by atoms with Crippen LogP contribution in [0.3, 0.4) is 0 Å². The molecule has 1 aliphatic heterocycles. The molecule has 3 rings (SSSR count). The van der Waals surface area contributed by atoms with Crippen molar-refractivity contribution in [2.24, 2.45) is 5.73 Å². The Bertz CT molecular complexity index is 570. The smallest absolute Gasteiger partial charge is 0.123 e. The second-order valence-corrected chi connectivity index (χ2v) is 5.51. The quantitative estimate of drug-likeness (QED) is 0.929. The van der Waals surface area contributed by atoms with Crippen molar-refractivity contribution >= 4 is 0 Å². The Morgan fingerprint density at radius 1 is 1.05 bits per heavy atom. The van der Waals surface area contributed by atoms with Crippen molar-refractivity contribution in [2.75, 3.05) is 13.1 Å². The molecule has 2 N–H and O–H groups in total. The highest BCUT2D eigenvalue weighted by Crippen LogP contribution is 2.27. The summed E-state index contributed by atoms with van der Waals surface area (Å²) in [5.74, 6) is 0.190. The summed E-state index contributed by atoms with van der Waals surface area (Å²) >= 11 is 0. The van der Waals surface area contributed by atoms with E-state index in [1.165, 1.54) is 11.6 Å². The van der Waals surface area contributed by atoms with E-state index in [1.807, 2.05) is 12.1 Å². The van der Waals surface area contributed by atoms with Gasteiger partial charge in [-0.1, -0.05) is 42.5 Å². The molecule has 1 fully saturated rings. The molecule has 0 aliphatic carbocycles. The first-order valence-corrected chi connectivity index (χ1v) is 7.00. The van der Waals surface area contributed by atoms with Gasteiger partial charge in [-0.3, -0.25) is 4.90 Å². The monoisotopic (exact) mass is 270 g/mol. The molecule has 0 aromatic heterocycles. The van der Waals surface area contributed by atoms with Crippen LogP contribution in [-0.4, -0.2) is 24.0 Å². The number of nitrogens with two attached hydrogens (primary N) is 1. The van der Waals surface area contributed by atoms with Gasteiger partial charge in [0.05, 0.1) is 0 Å². The van der Waals surface area contributed by atoms with Crippen LogP contribution in [0.5, 0.6) is 0 Å². The molecular weight excluding hydrogens is 251 g/mol. The number of nitrogens with zero attached hydrogens (tertiary/aromatic N) is 1. The minimum atomic E-state index is -0.175. The molecule has 1 aliphatic rings. The molecule has 20 heavy (non-hydrogen) atoms. The molecule has 0 spiro atoms. The second kappa shape index (κ2) is 5.73. The van der Waals surface area contributed by atoms with Crippen molar-refractivity contribution in [3.05, 3.63) is 71.5 Å². The summed E-state index contributed by atoms with van der Waals surface area (Å²) in [7, 11) is 0. The predicted molar refractivity (Wildman–Crippen MR) is 78.8 cm³/mol. The third-order valence-electron chi connectivity index (χ3n) is 3.96. The minimum absolute atomic E-state index is 0.144. The van der Waals surface area contributed by atoms with Gasteiger partial charge in [-0.15, -0.1) is 0 Å². The zero-order valence-electron chi connectivity index (χ0n) is 11.4. The lowest BCUT2D eigenvalue weighted by Crippen LogP contribution is -2.28. The standard InChI is InChI=1S/C17H19FN2/c18-15-8-4-5-13(9-15)10-20-11-16(17(19)12-20)14-6-2-1-3-7-14/h1-9,16-17H,10-12,19H2/t16-,17+/m0/s1. The molecule has 0 unspecified atom stereocenters. The van der Waals surface area contributed by atoms with E-state index >= 15 is 0 Å². The molecule has 0 amide bonds. The summed E-state index contributed by atoms with van der Waals surface area (Å²) in [6.45, 7) is 2.55. The van der Waals surface area contributed by atoms with E-state index in [4.69, 9.17) is 5.73 Å². The van der Waals surface area contributed by atoms with E-state index in [-0.39, 0.29) is 11.9 Å². The van der Waals surface area contributed by atoms with Crippen molar-refractivity contribution in [1.82, 2.24) is 4.90 Å². The average Bonchev–Trinajstić information content (AvgIpc) is 2.80. The number of hydrogen-bond acceptors (Lipinski definition) is 2. The van der Waals surface area contributed by atoms with Crippen LogP contribution in [-0.2, 0) is 6.54 Å². The Labute approximate surface area is 119 Å². The molecule has 0 radical (unpaired) electrons. The molecule has 2 nitrogen and oxygen atoms in total. The molecule has 3 heteroatoms. The molecule has 1 saturated heterocycles. The van der Waals surface area contributed by atoms with Crippen molar-refractivity contribution in [1.29, 1.82) is 0 Å². The number of hydrogen-bond donors (Lipinski definition) is 1. The van der Waals surface area contributed by atoms with Crippen LogP contribution in [0.15, 0.2) is 54.6 Å². The van der Waals surface area contributed by atoms with E-state index in [2.05, 4.69) is 29.2 Å². The topological polar surface area (TPSA) is 29.3 Å². The normalized spacial score (nSPS) is 23.1. The number of rotatable bonds is 3. The summed E-state index contributed by atoms with van der Waals surface area (Å²) in [6, 6.07) is 17.3. The SMILES string of the molecule is N[C@@H]1CN(Cc2cccc(F)c2)C[C@H]1c1ccccc1. The molecular formula is C17H19FN2. The first-order chi connectivity index (χ1) is 9.72. The highest BCUT2D eigenvalue weighted by atomic mass is 19.1. The number of likely N-dealkylation sites (tertiary alicyclic amines) is 1. The van der Waals surface area contributed by atoms with E-state index in [1.54, 1.807) is 12.1 Å². The van der Waals surface area contributed by atoms with Crippen LogP contribution in [0.1, 0.15) is 17.0 Å². The number of halogens is 1. The van der Waals surface area contributed by atoms with Gasteiger partial charge in [0.1, 0.15) is 5.82 Å². The van der Waals surface area contributed by atoms with E-state index in [0.29, 0.717) is 5.92 Å². The van der Waals surface area contributed by atoms with Crippen molar-refractivity contribution in [2.45, 2.75) is 18.5 Å². The fourth-order valence-corrected chi connectivity index (χ4v) is 2.99. The lowest BCUT2D eigenvalue weighted by molar-refractivity contribution is 0.323. The minimum Gasteiger partial charge on any atom is -0.326 e. The second-order valence-electron chi connectivity index (χ2n) is 5.51. The Balaban J connectivity index is 1.69. The van der Waals surface area contributed by atoms with Gasteiger partial charge in [0.25, 0.3) is 0 Å². The van der Waals surface area contributed by atoms with Gasteiger partial charge in [0.2, 0.25) is 0 Å². The predicted octanol–water partition coefficient (Wildman–Crippen LogP) is 2.75. The van der Waals surface area contributed by atoms with Crippen LogP contribution in [0.4, 0.5) is 4.39 Å². The maximum absolute atomic E-state index is 13.2. The Morgan fingerprint density at radius 2 is 1.85 bits per heavy atom. The largest absolute Gasteiger partial charge is 0.326 e. The third-order valence-corrected chi connectivity index (χ3v) is 3.96. The molecule has 1 heterocycles. The van der Waals surface area contributed by atoms with Gasteiger partial charge in [0, 0.05) is 31.6 Å². The van der Waals surface area contributed by atoms with E-state index < -0.39 is 0 Å². The molecule has 0 bridgehead atoms. The van der Waals surface area contributed by atoms with Crippen molar-refractivity contribution in [3.8, 4) is 0 Å². The van der Waals surface area contributed by atoms with Crippen molar-refractivity contribution < 1.29 is 4.39 Å². The van der Waals surface area contributed by atoms with Crippen molar-refractivity contribution in [3.63, 3.8) is 0 Å². The zero-order valence-corrected chi connectivity index (χ0v) is 11.4. The lowest BCUT2D eigenvalue weighted by atomic mass is 9.95. The van der Waals surface area contributed by atoms with Gasteiger partial charge in [-0.25, -0.2) is 4.39 Å². The first kappa shape index (κ1) is 13.3. The van der Waals surface area contributed by atoms with Gasteiger partial charge in [-0.05, 0) is 23.3 Å². The average molecular weight is 270 g/mol. The summed E-state index contributed by atoms with van der Waals surface area (Å²) in [5.41, 5.74) is 8.57. The highest BCUT2D eigenvalue weighted by molar-refractivity contribution is 5.24. The van der Waals surface area contributed by atoms with Gasteiger partial charge >= 0.3 is 0 Å². The van der Waals surface area contributed by atoms with Crippen LogP contribution in [0.25, 0.3) is 0 Å². The van der Waals surface area contributed by atoms with Gasteiger partial charge in [-0.2, -0.15) is 0 Å². The molecule has 2 atom stereocenters. The van der Waals surface area contributed by atoms with Crippen LogP contribution >= 0.6 is 0 Å². The number of benzene rings is 2. The molecule has 0 saturated carbocycles. The molecule has 2 aromatic rings. The maximum atomic E-state index is 13.2. The molecule has 104 valence electrons. The van der Waals surface area contributed by atoms with E-state index in [9.17, 15) is 4.39 Å². The molecule has 2 aromatic carbocycles. The summed E-state index contributed by atoms with van der Waals surface area (Å²) in [5, 5.41) is 0. The third kappa shape index (κ3) is 2.89. The van der Waals surface area contributed by atoms with Gasteiger partial charge in [0.15, 0.2) is 0 Å². The Morgan fingerprint density at radius 3 is 2.60 bits per heavy atom. The summed E-state index contributed by atoms with van der Waals surface area (Å²) in [6.07, 6.45) is 0. The highest BCUT2D eigenvalue weighted by Gasteiger charge is 2.30. The fourth-order valence-electron chi connectivity index (χ4n) is 2.99. The van der Waals surface area contributed by atoms with E-state index in [0.717, 1.165) is 25.2 Å². The van der Waals surface area contributed by atoms with Crippen LogP contribution < -0.4 is 5.73 Å². The first-order valence-electron chi connectivity index (χ1n) is 7.00.